The van der Waals surface area contributed by atoms with Crippen LogP contribution in [0.15, 0.2) is 24.5 Å². The fourth-order valence-corrected chi connectivity index (χ4v) is 2.14. The molecule has 2 rings (SSSR count). The minimum atomic E-state index is 0.426. The first-order chi connectivity index (χ1) is 9.11. The van der Waals surface area contributed by atoms with Crippen molar-refractivity contribution >= 4 is 22.9 Å². The molecule has 0 aliphatic heterocycles. The molecule has 1 heterocycles. The highest BCUT2D eigenvalue weighted by Gasteiger charge is 2.05. The Morgan fingerprint density at radius 1 is 1.47 bits per heavy atom. The monoisotopic (exact) mass is 275 g/mol. The number of aromatic nitrogens is 3. The molecule has 0 amide bonds. The fraction of sp³-hybridized carbons (Fsp3) is 0.308. The van der Waals surface area contributed by atoms with Crippen molar-refractivity contribution < 1.29 is 0 Å². The van der Waals surface area contributed by atoms with E-state index in [0.29, 0.717) is 11.5 Å². The summed E-state index contributed by atoms with van der Waals surface area (Å²) in [6, 6.07) is 5.93. The highest BCUT2D eigenvalue weighted by atomic mass is 32.1. The second-order valence-electron chi connectivity index (χ2n) is 4.28. The molecular weight excluding hydrogens is 258 g/mol. The van der Waals surface area contributed by atoms with Gasteiger partial charge in [0.1, 0.15) is 11.3 Å². The SMILES string of the molecule is CCn1cnnc1CNc1ccc(C(N)=S)c(C)c1. The molecule has 6 heteroatoms. The van der Waals surface area contributed by atoms with Crippen molar-refractivity contribution in [1.29, 1.82) is 0 Å². The number of anilines is 1. The molecule has 1 aromatic heterocycles. The van der Waals surface area contributed by atoms with Gasteiger partial charge in [0.05, 0.1) is 6.54 Å². The lowest BCUT2D eigenvalue weighted by Gasteiger charge is -2.10. The Morgan fingerprint density at radius 2 is 2.26 bits per heavy atom. The van der Waals surface area contributed by atoms with E-state index in [9.17, 15) is 0 Å². The second kappa shape index (κ2) is 5.79. The molecule has 0 atom stereocenters. The van der Waals surface area contributed by atoms with Gasteiger partial charge in [-0.1, -0.05) is 12.2 Å². The van der Waals surface area contributed by atoms with Crippen molar-refractivity contribution in [2.45, 2.75) is 26.9 Å². The maximum atomic E-state index is 5.64. The minimum Gasteiger partial charge on any atom is -0.389 e. The van der Waals surface area contributed by atoms with Crippen LogP contribution in [0.1, 0.15) is 23.9 Å². The molecule has 0 saturated carbocycles. The summed E-state index contributed by atoms with van der Waals surface area (Å²) >= 11 is 4.99. The van der Waals surface area contributed by atoms with Crippen LogP contribution in [0, 0.1) is 6.92 Å². The number of hydrogen-bond acceptors (Lipinski definition) is 4. The van der Waals surface area contributed by atoms with Gasteiger partial charge in [-0.15, -0.1) is 10.2 Å². The standard InChI is InChI=1S/C13H17N5S/c1-3-18-8-16-17-12(18)7-15-10-4-5-11(13(14)19)9(2)6-10/h4-6,8,15H,3,7H2,1-2H3,(H2,14,19). The van der Waals surface area contributed by atoms with Gasteiger partial charge in [0.15, 0.2) is 5.82 Å². The van der Waals surface area contributed by atoms with E-state index in [1.807, 2.05) is 29.7 Å². The minimum absolute atomic E-state index is 0.426. The summed E-state index contributed by atoms with van der Waals surface area (Å²) in [6.07, 6.45) is 1.73. The summed E-state index contributed by atoms with van der Waals surface area (Å²) in [5, 5.41) is 11.3. The summed E-state index contributed by atoms with van der Waals surface area (Å²) in [5.74, 6) is 0.915. The lowest BCUT2D eigenvalue weighted by atomic mass is 10.1. The third-order valence-corrected chi connectivity index (χ3v) is 3.20. The topological polar surface area (TPSA) is 68.8 Å². The van der Waals surface area contributed by atoms with Crippen molar-refractivity contribution in [1.82, 2.24) is 14.8 Å². The fourth-order valence-electron chi connectivity index (χ4n) is 1.91. The quantitative estimate of drug-likeness (QED) is 0.815. The highest BCUT2D eigenvalue weighted by Crippen LogP contribution is 2.15. The Labute approximate surface area is 117 Å². The summed E-state index contributed by atoms with van der Waals surface area (Å²) < 4.78 is 2.00. The van der Waals surface area contributed by atoms with Crippen LogP contribution >= 0.6 is 12.2 Å². The van der Waals surface area contributed by atoms with Crippen LogP contribution in [0.25, 0.3) is 0 Å². The molecule has 0 bridgehead atoms. The van der Waals surface area contributed by atoms with Crippen LogP contribution in [-0.4, -0.2) is 19.8 Å². The second-order valence-corrected chi connectivity index (χ2v) is 4.72. The van der Waals surface area contributed by atoms with Gasteiger partial charge in [-0.2, -0.15) is 0 Å². The molecular formula is C13H17N5S. The average molecular weight is 275 g/mol. The van der Waals surface area contributed by atoms with Crippen molar-refractivity contribution in [3.05, 3.63) is 41.5 Å². The van der Waals surface area contributed by atoms with Crippen LogP contribution in [-0.2, 0) is 13.1 Å². The van der Waals surface area contributed by atoms with Gasteiger partial charge in [-0.05, 0) is 37.6 Å². The van der Waals surface area contributed by atoms with Gasteiger partial charge < -0.3 is 15.6 Å². The van der Waals surface area contributed by atoms with E-state index in [-0.39, 0.29) is 0 Å². The van der Waals surface area contributed by atoms with Crippen molar-refractivity contribution in [2.75, 3.05) is 5.32 Å². The van der Waals surface area contributed by atoms with Crippen LogP contribution in [0.4, 0.5) is 5.69 Å². The van der Waals surface area contributed by atoms with Crippen molar-refractivity contribution in [3.63, 3.8) is 0 Å². The molecule has 0 aliphatic carbocycles. The van der Waals surface area contributed by atoms with E-state index >= 15 is 0 Å². The molecule has 100 valence electrons. The molecule has 2 aromatic rings. The van der Waals surface area contributed by atoms with Gasteiger partial charge in [0.2, 0.25) is 0 Å². The first kappa shape index (κ1) is 13.5. The van der Waals surface area contributed by atoms with Gasteiger partial charge in [0.25, 0.3) is 0 Å². The smallest absolute Gasteiger partial charge is 0.152 e. The van der Waals surface area contributed by atoms with E-state index in [0.717, 1.165) is 29.2 Å². The zero-order valence-corrected chi connectivity index (χ0v) is 11.9. The Balaban J connectivity index is 2.08. The Hall–Kier alpha value is -1.95. The van der Waals surface area contributed by atoms with E-state index in [4.69, 9.17) is 18.0 Å². The average Bonchev–Trinajstić information content (AvgIpc) is 2.83. The van der Waals surface area contributed by atoms with Crippen LogP contribution in [0.5, 0.6) is 0 Å². The Bertz CT molecular complexity index is 590. The third kappa shape index (κ3) is 3.08. The Morgan fingerprint density at radius 3 is 2.89 bits per heavy atom. The van der Waals surface area contributed by atoms with E-state index in [1.54, 1.807) is 6.33 Å². The predicted molar refractivity (Wildman–Crippen MR) is 80.1 cm³/mol. The molecule has 0 spiro atoms. The van der Waals surface area contributed by atoms with Crippen molar-refractivity contribution in [3.8, 4) is 0 Å². The molecule has 3 N–H and O–H groups in total. The maximum absolute atomic E-state index is 5.64. The molecule has 0 fully saturated rings. The molecule has 1 aromatic carbocycles. The Kier molecular flexibility index (Phi) is 4.11. The molecule has 0 unspecified atom stereocenters. The lowest BCUT2D eigenvalue weighted by Crippen LogP contribution is -2.12. The molecule has 5 nitrogen and oxygen atoms in total. The summed E-state index contributed by atoms with van der Waals surface area (Å²) in [5.41, 5.74) is 8.64. The number of aryl methyl sites for hydroxylation is 2. The molecule has 0 radical (unpaired) electrons. The van der Waals surface area contributed by atoms with Gasteiger partial charge in [0, 0.05) is 17.8 Å². The van der Waals surface area contributed by atoms with E-state index < -0.39 is 0 Å². The normalized spacial score (nSPS) is 10.4. The number of rotatable bonds is 5. The van der Waals surface area contributed by atoms with Crippen molar-refractivity contribution in [2.24, 2.45) is 5.73 Å². The zero-order chi connectivity index (χ0) is 13.8. The number of nitrogens with one attached hydrogen (secondary N) is 1. The van der Waals surface area contributed by atoms with Crippen LogP contribution in [0.2, 0.25) is 0 Å². The zero-order valence-electron chi connectivity index (χ0n) is 11.1. The van der Waals surface area contributed by atoms with E-state index in [2.05, 4.69) is 22.4 Å². The number of benzene rings is 1. The number of thiocarbonyl (C=S) groups is 1. The lowest BCUT2D eigenvalue weighted by molar-refractivity contribution is 0.708. The first-order valence-electron chi connectivity index (χ1n) is 6.12. The van der Waals surface area contributed by atoms with Gasteiger partial charge >= 0.3 is 0 Å². The number of hydrogen-bond donors (Lipinski definition) is 2. The van der Waals surface area contributed by atoms with Crippen LogP contribution < -0.4 is 11.1 Å². The summed E-state index contributed by atoms with van der Waals surface area (Å²) in [6.45, 7) is 5.56. The molecule has 0 saturated heterocycles. The highest BCUT2D eigenvalue weighted by molar-refractivity contribution is 7.80. The summed E-state index contributed by atoms with van der Waals surface area (Å²) in [4.78, 5) is 0.426. The maximum Gasteiger partial charge on any atom is 0.152 e. The van der Waals surface area contributed by atoms with Gasteiger partial charge in [-0.3, -0.25) is 0 Å². The first-order valence-corrected chi connectivity index (χ1v) is 6.53. The van der Waals surface area contributed by atoms with Gasteiger partial charge in [-0.25, -0.2) is 0 Å². The van der Waals surface area contributed by atoms with Crippen LogP contribution in [0.3, 0.4) is 0 Å². The summed E-state index contributed by atoms with van der Waals surface area (Å²) in [7, 11) is 0. The number of nitrogens with zero attached hydrogens (tertiary/aromatic N) is 3. The molecule has 0 aliphatic rings. The third-order valence-electron chi connectivity index (χ3n) is 2.98. The van der Waals surface area contributed by atoms with E-state index in [1.165, 1.54) is 0 Å². The predicted octanol–water partition coefficient (Wildman–Crippen LogP) is 1.85. The molecule has 19 heavy (non-hydrogen) atoms. The number of nitrogens with two attached hydrogens (primary N) is 1. The largest absolute Gasteiger partial charge is 0.389 e.